The molecule has 3 aromatic rings. The summed E-state index contributed by atoms with van der Waals surface area (Å²) in [6.45, 7) is 0.796. The summed E-state index contributed by atoms with van der Waals surface area (Å²) in [7, 11) is 3.26. The average Bonchev–Trinajstić information content (AvgIpc) is 3.14. The molecule has 144 valence electrons. The van der Waals surface area contributed by atoms with E-state index in [2.05, 4.69) is 16.4 Å². The number of aromatic nitrogens is 1. The minimum Gasteiger partial charge on any atom is -0.493 e. The smallest absolute Gasteiger partial charge is 0.161 e. The van der Waals surface area contributed by atoms with Crippen LogP contribution in [0, 0.1) is 0 Å². The summed E-state index contributed by atoms with van der Waals surface area (Å²) in [6.07, 6.45) is 5.78. The lowest BCUT2D eigenvalue weighted by Crippen LogP contribution is -2.23. The van der Waals surface area contributed by atoms with Crippen molar-refractivity contribution in [3.63, 3.8) is 0 Å². The number of aryl methyl sites for hydroxylation is 1. The fourth-order valence-electron chi connectivity index (χ4n) is 3.76. The van der Waals surface area contributed by atoms with E-state index in [-0.39, 0.29) is 5.78 Å². The van der Waals surface area contributed by atoms with Crippen molar-refractivity contribution in [1.82, 2.24) is 10.3 Å². The van der Waals surface area contributed by atoms with E-state index in [4.69, 9.17) is 9.47 Å². The quantitative estimate of drug-likeness (QED) is 0.641. The van der Waals surface area contributed by atoms with Crippen LogP contribution in [0.1, 0.15) is 23.1 Å². The summed E-state index contributed by atoms with van der Waals surface area (Å²) in [5, 5.41) is 4.54. The molecule has 2 heterocycles. The van der Waals surface area contributed by atoms with Gasteiger partial charge in [-0.2, -0.15) is 0 Å². The number of hydrogen-bond acceptors (Lipinski definition) is 4. The molecule has 5 nitrogen and oxygen atoms in total. The van der Waals surface area contributed by atoms with Crippen molar-refractivity contribution in [3.8, 4) is 11.5 Å². The van der Waals surface area contributed by atoms with Gasteiger partial charge in [0.1, 0.15) is 0 Å². The van der Waals surface area contributed by atoms with Gasteiger partial charge in [-0.15, -0.1) is 0 Å². The molecule has 2 N–H and O–H groups in total. The molecule has 0 saturated heterocycles. The topological polar surface area (TPSA) is 63.4 Å². The highest BCUT2D eigenvalue weighted by Gasteiger charge is 2.19. The van der Waals surface area contributed by atoms with Gasteiger partial charge in [0, 0.05) is 47.4 Å². The molecule has 0 atom stereocenters. The second-order valence-corrected chi connectivity index (χ2v) is 6.92. The van der Waals surface area contributed by atoms with Gasteiger partial charge >= 0.3 is 0 Å². The largest absolute Gasteiger partial charge is 0.493 e. The van der Waals surface area contributed by atoms with Crippen LogP contribution in [0.15, 0.2) is 48.7 Å². The monoisotopic (exact) mass is 376 g/mol. The van der Waals surface area contributed by atoms with E-state index in [0.29, 0.717) is 24.3 Å². The molecule has 0 amide bonds. The second kappa shape index (κ2) is 7.80. The Morgan fingerprint density at radius 3 is 2.75 bits per heavy atom. The Bertz CT molecular complexity index is 1050. The van der Waals surface area contributed by atoms with E-state index in [0.717, 1.165) is 35.3 Å². The normalized spacial score (nSPS) is 14.6. The van der Waals surface area contributed by atoms with E-state index >= 15 is 0 Å². The highest BCUT2D eigenvalue weighted by atomic mass is 16.5. The molecule has 0 unspecified atom stereocenters. The van der Waals surface area contributed by atoms with Crippen LogP contribution in [-0.2, 0) is 17.6 Å². The fourth-order valence-corrected chi connectivity index (χ4v) is 3.76. The van der Waals surface area contributed by atoms with E-state index in [9.17, 15) is 4.79 Å². The first-order valence-corrected chi connectivity index (χ1v) is 9.48. The van der Waals surface area contributed by atoms with E-state index in [1.807, 2.05) is 36.5 Å². The lowest BCUT2D eigenvalue weighted by Gasteiger charge is -2.23. The van der Waals surface area contributed by atoms with Gasteiger partial charge in [0.15, 0.2) is 17.3 Å². The number of allylic oxidation sites excluding steroid dienone is 1. The van der Waals surface area contributed by atoms with Crippen molar-refractivity contribution in [2.45, 2.75) is 19.3 Å². The minimum atomic E-state index is 0.107. The molecular formula is C23H24N2O3. The number of fused-ring (bicyclic) bond motifs is 2. The molecule has 1 aliphatic rings. The molecule has 4 rings (SSSR count). The summed E-state index contributed by atoms with van der Waals surface area (Å²) in [5.74, 6) is 1.49. The third-order valence-corrected chi connectivity index (χ3v) is 5.23. The number of carbonyl (C=O) groups is 1. The Balaban J connectivity index is 1.54. The third-order valence-electron chi connectivity index (χ3n) is 5.23. The summed E-state index contributed by atoms with van der Waals surface area (Å²) in [4.78, 5) is 15.9. The maximum Gasteiger partial charge on any atom is 0.161 e. The zero-order valence-corrected chi connectivity index (χ0v) is 16.2. The number of para-hydroxylation sites is 1. The number of nitrogens with one attached hydrogen (secondary N) is 2. The van der Waals surface area contributed by atoms with Crippen LogP contribution in [0.25, 0.3) is 16.6 Å². The lowest BCUT2D eigenvalue weighted by atomic mass is 9.96. The molecular weight excluding hydrogens is 352 g/mol. The van der Waals surface area contributed by atoms with Crippen molar-refractivity contribution in [2.24, 2.45) is 0 Å². The standard InChI is InChI=1S/C23H24N2O3/c1-27-22-11-15-9-10-24-21(19(15)13-23(22)28-2)12-17(26)8-7-16-14-25-20-6-4-3-5-18(16)20/h3-6,11-14,24-25H,7-10H2,1-2H3. The number of H-pyrrole nitrogens is 1. The number of hydrogen-bond donors (Lipinski definition) is 2. The first-order valence-electron chi connectivity index (χ1n) is 9.48. The maximum atomic E-state index is 12.6. The van der Waals surface area contributed by atoms with Crippen LogP contribution in [0.5, 0.6) is 11.5 Å². The number of ketones is 1. The van der Waals surface area contributed by atoms with Crippen molar-refractivity contribution in [2.75, 3.05) is 20.8 Å². The first kappa shape index (κ1) is 18.2. The number of ether oxygens (including phenoxy) is 2. The Morgan fingerprint density at radius 2 is 1.93 bits per heavy atom. The van der Waals surface area contributed by atoms with Crippen LogP contribution < -0.4 is 14.8 Å². The molecule has 0 saturated carbocycles. The molecule has 1 aromatic heterocycles. The molecule has 0 radical (unpaired) electrons. The van der Waals surface area contributed by atoms with Crippen LogP contribution in [-0.4, -0.2) is 31.5 Å². The maximum absolute atomic E-state index is 12.6. The number of rotatable bonds is 6. The summed E-state index contributed by atoms with van der Waals surface area (Å²) in [5.41, 5.74) is 5.29. The molecule has 5 heteroatoms. The molecule has 0 spiro atoms. The zero-order valence-electron chi connectivity index (χ0n) is 16.2. The predicted octanol–water partition coefficient (Wildman–Crippen LogP) is 3.87. The number of methoxy groups -OCH3 is 2. The van der Waals surface area contributed by atoms with E-state index in [1.54, 1.807) is 20.3 Å². The third kappa shape index (κ3) is 3.48. The van der Waals surface area contributed by atoms with E-state index < -0.39 is 0 Å². The van der Waals surface area contributed by atoms with E-state index in [1.165, 1.54) is 10.9 Å². The second-order valence-electron chi connectivity index (χ2n) is 6.92. The van der Waals surface area contributed by atoms with Crippen molar-refractivity contribution < 1.29 is 14.3 Å². The Kier molecular flexibility index (Phi) is 5.06. The average molecular weight is 376 g/mol. The number of carbonyl (C=O) groups excluding carboxylic acids is 1. The van der Waals surface area contributed by atoms with Gasteiger partial charge in [0.05, 0.1) is 14.2 Å². The molecule has 2 aromatic carbocycles. The van der Waals surface area contributed by atoms with Gasteiger partial charge in [-0.05, 0) is 42.2 Å². The van der Waals surface area contributed by atoms with Gasteiger partial charge in [-0.3, -0.25) is 4.79 Å². The van der Waals surface area contributed by atoms with Gasteiger partial charge in [-0.1, -0.05) is 18.2 Å². The van der Waals surface area contributed by atoms with Crippen LogP contribution in [0.2, 0.25) is 0 Å². The van der Waals surface area contributed by atoms with Crippen molar-refractivity contribution >= 4 is 22.4 Å². The Hall–Kier alpha value is -3.21. The number of aromatic amines is 1. The Labute approximate surface area is 164 Å². The highest BCUT2D eigenvalue weighted by molar-refractivity contribution is 5.97. The molecule has 0 aliphatic carbocycles. The minimum absolute atomic E-state index is 0.107. The zero-order chi connectivity index (χ0) is 19.5. The molecule has 0 fully saturated rings. The van der Waals surface area contributed by atoms with Crippen LogP contribution in [0.4, 0.5) is 0 Å². The van der Waals surface area contributed by atoms with Crippen molar-refractivity contribution in [3.05, 3.63) is 65.4 Å². The molecule has 0 bridgehead atoms. The molecule has 1 aliphatic heterocycles. The van der Waals surface area contributed by atoms with Crippen LogP contribution in [0.3, 0.4) is 0 Å². The number of benzene rings is 2. The predicted molar refractivity (Wildman–Crippen MR) is 111 cm³/mol. The lowest BCUT2D eigenvalue weighted by molar-refractivity contribution is -0.114. The van der Waals surface area contributed by atoms with Crippen molar-refractivity contribution in [1.29, 1.82) is 0 Å². The first-order chi connectivity index (χ1) is 13.7. The Morgan fingerprint density at radius 1 is 1.14 bits per heavy atom. The van der Waals surface area contributed by atoms with Crippen LogP contribution >= 0.6 is 0 Å². The molecule has 28 heavy (non-hydrogen) atoms. The fraction of sp³-hybridized carbons (Fsp3) is 0.261. The van der Waals surface area contributed by atoms with Gasteiger partial charge in [0.25, 0.3) is 0 Å². The summed E-state index contributed by atoms with van der Waals surface area (Å²) >= 11 is 0. The highest BCUT2D eigenvalue weighted by Crippen LogP contribution is 2.34. The van der Waals surface area contributed by atoms with Gasteiger partial charge in [-0.25, -0.2) is 0 Å². The van der Waals surface area contributed by atoms with Gasteiger partial charge in [0.2, 0.25) is 0 Å². The summed E-state index contributed by atoms with van der Waals surface area (Å²) < 4.78 is 10.8. The van der Waals surface area contributed by atoms with Gasteiger partial charge < -0.3 is 19.8 Å². The SMILES string of the molecule is COc1cc2c(cc1OC)C(=CC(=O)CCc1c[nH]c3ccccc13)NCC2. The summed E-state index contributed by atoms with van der Waals surface area (Å²) in [6, 6.07) is 12.1.